The summed E-state index contributed by atoms with van der Waals surface area (Å²) in [7, 11) is 2.88. The number of aryl methyl sites for hydroxylation is 1. The molecule has 0 saturated heterocycles. The van der Waals surface area contributed by atoms with Crippen LogP contribution in [0.3, 0.4) is 0 Å². The van der Waals surface area contributed by atoms with E-state index in [1.807, 2.05) is 19.1 Å². The third kappa shape index (κ3) is 5.41. The molecule has 0 aliphatic rings. The minimum atomic E-state index is -0.365. The number of rotatable bonds is 7. The Bertz CT molecular complexity index is 793. The van der Waals surface area contributed by atoms with Crippen molar-refractivity contribution in [2.45, 2.75) is 12.7 Å². The maximum atomic E-state index is 12.2. The number of ether oxygens (including phenoxy) is 2. The van der Waals surface area contributed by atoms with Crippen LogP contribution in [0.1, 0.15) is 21.5 Å². The van der Waals surface area contributed by atoms with Crippen molar-refractivity contribution in [3.8, 4) is 5.75 Å². The first-order valence-electron chi connectivity index (χ1n) is 7.83. The van der Waals surface area contributed by atoms with Crippen LogP contribution in [-0.4, -0.2) is 31.8 Å². The summed E-state index contributed by atoms with van der Waals surface area (Å²) in [4.78, 5) is 23.6. The van der Waals surface area contributed by atoms with Gasteiger partial charge in [-0.15, -0.1) is 11.8 Å². The van der Waals surface area contributed by atoms with Gasteiger partial charge in [-0.2, -0.15) is 0 Å². The average molecular weight is 394 g/mol. The molecule has 0 aromatic heterocycles. The molecule has 0 aliphatic heterocycles. The summed E-state index contributed by atoms with van der Waals surface area (Å²) < 4.78 is 9.92. The molecule has 0 heterocycles. The van der Waals surface area contributed by atoms with Gasteiger partial charge in [-0.1, -0.05) is 23.7 Å². The van der Waals surface area contributed by atoms with Gasteiger partial charge in [0.25, 0.3) is 0 Å². The standard InChI is InChI=1S/C19H20ClNO4S/c1-12-8-16(17(24-2)9-15(12)20)21-18(22)11-26-10-13-4-6-14(7-5-13)19(23)25-3/h4-9H,10-11H2,1-3H3,(H,21,22). The first-order valence-corrected chi connectivity index (χ1v) is 9.37. The Balaban J connectivity index is 1.88. The Morgan fingerprint density at radius 3 is 2.46 bits per heavy atom. The largest absolute Gasteiger partial charge is 0.495 e. The number of thioether (sulfide) groups is 1. The van der Waals surface area contributed by atoms with Crippen molar-refractivity contribution in [3.63, 3.8) is 0 Å². The fraction of sp³-hybridized carbons (Fsp3) is 0.263. The van der Waals surface area contributed by atoms with E-state index in [1.54, 1.807) is 24.3 Å². The van der Waals surface area contributed by atoms with Crippen molar-refractivity contribution >= 4 is 40.9 Å². The summed E-state index contributed by atoms with van der Waals surface area (Å²) in [5.74, 6) is 0.990. The molecule has 7 heteroatoms. The summed E-state index contributed by atoms with van der Waals surface area (Å²) in [5, 5.41) is 3.43. The van der Waals surface area contributed by atoms with Crippen LogP contribution in [0.15, 0.2) is 36.4 Å². The summed E-state index contributed by atoms with van der Waals surface area (Å²) in [6.07, 6.45) is 0. The van der Waals surface area contributed by atoms with Gasteiger partial charge in [0, 0.05) is 16.8 Å². The van der Waals surface area contributed by atoms with Crippen LogP contribution in [0, 0.1) is 6.92 Å². The number of carbonyl (C=O) groups excluding carboxylic acids is 2. The van der Waals surface area contributed by atoms with Crippen molar-refractivity contribution in [1.29, 1.82) is 0 Å². The van der Waals surface area contributed by atoms with E-state index in [-0.39, 0.29) is 11.9 Å². The number of nitrogens with one attached hydrogen (secondary N) is 1. The van der Waals surface area contributed by atoms with Gasteiger partial charge in [-0.05, 0) is 36.2 Å². The van der Waals surface area contributed by atoms with E-state index in [1.165, 1.54) is 26.0 Å². The van der Waals surface area contributed by atoms with Crippen molar-refractivity contribution in [3.05, 3.63) is 58.1 Å². The first-order chi connectivity index (χ1) is 12.4. The zero-order chi connectivity index (χ0) is 19.1. The number of hydrogen-bond acceptors (Lipinski definition) is 5. The highest BCUT2D eigenvalue weighted by molar-refractivity contribution is 7.99. The highest BCUT2D eigenvalue weighted by Gasteiger charge is 2.11. The van der Waals surface area contributed by atoms with Crippen molar-refractivity contribution < 1.29 is 19.1 Å². The molecule has 1 N–H and O–H groups in total. The van der Waals surface area contributed by atoms with Crippen LogP contribution >= 0.6 is 23.4 Å². The Labute approximate surface area is 162 Å². The van der Waals surface area contributed by atoms with Crippen LogP contribution in [-0.2, 0) is 15.3 Å². The highest BCUT2D eigenvalue weighted by Crippen LogP contribution is 2.31. The van der Waals surface area contributed by atoms with Crippen LogP contribution in [0.5, 0.6) is 5.75 Å². The lowest BCUT2D eigenvalue weighted by molar-refractivity contribution is -0.113. The van der Waals surface area contributed by atoms with E-state index in [4.69, 9.17) is 16.3 Å². The molecule has 0 fully saturated rings. The molecule has 2 aromatic carbocycles. The lowest BCUT2D eigenvalue weighted by atomic mass is 10.1. The Morgan fingerprint density at radius 2 is 1.85 bits per heavy atom. The lowest BCUT2D eigenvalue weighted by Gasteiger charge is -2.12. The topological polar surface area (TPSA) is 64.6 Å². The SMILES string of the molecule is COC(=O)c1ccc(CSCC(=O)Nc2cc(C)c(Cl)cc2OC)cc1. The number of benzene rings is 2. The second-order valence-corrected chi connectivity index (χ2v) is 6.92. The van der Waals surface area contributed by atoms with Gasteiger partial charge >= 0.3 is 5.97 Å². The van der Waals surface area contributed by atoms with Crippen molar-refractivity contribution in [2.24, 2.45) is 0 Å². The molecular formula is C19H20ClNO4S. The van der Waals surface area contributed by atoms with E-state index >= 15 is 0 Å². The molecule has 0 unspecified atom stereocenters. The molecule has 138 valence electrons. The van der Waals surface area contributed by atoms with E-state index in [2.05, 4.69) is 10.1 Å². The molecule has 0 bridgehead atoms. The predicted molar refractivity (Wildman–Crippen MR) is 105 cm³/mol. The van der Waals surface area contributed by atoms with Gasteiger partial charge in [-0.25, -0.2) is 4.79 Å². The molecule has 2 rings (SSSR count). The number of carbonyl (C=O) groups is 2. The molecular weight excluding hydrogens is 374 g/mol. The minimum Gasteiger partial charge on any atom is -0.495 e. The Hall–Kier alpha value is -2.18. The fourth-order valence-corrected chi connectivity index (χ4v) is 3.17. The maximum absolute atomic E-state index is 12.2. The molecule has 26 heavy (non-hydrogen) atoms. The summed E-state index contributed by atoms with van der Waals surface area (Å²) in [6, 6.07) is 10.6. The molecule has 5 nitrogen and oxygen atoms in total. The van der Waals surface area contributed by atoms with Crippen molar-refractivity contribution in [1.82, 2.24) is 0 Å². The summed E-state index contributed by atoms with van der Waals surface area (Å²) in [5.41, 5.74) is 2.99. The Kier molecular flexibility index (Phi) is 7.36. The second-order valence-electron chi connectivity index (χ2n) is 5.53. The van der Waals surface area contributed by atoms with Gasteiger partial charge < -0.3 is 14.8 Å². The Morgan fingerprint density at radius 1 is 1.15 bits per heavy atom. The van der Waals surface area contributed by atoms with Crippen LogP contribution in [0.2, 0.25) is 5.02 Å². The zero-order valence-corrected chi connectivity index (χ0v) is 16.4. The third-order valence-electron chi connectivity index (χ3n) is 3.63. The molecule has 0 atom stereocenters. The quantitative estimate of drug-likeness (QED) is 0.710. The molecule has 0 spiro atoms. The molecule has 0 radical (unpaired) electrons. The monoisotopic (exact) mass is 393 g/mol. The summed E-state index contributed by atoms with van der Waals surface area (Å²) in [6.45, 7) is 1.87. The number of hydrogen-bond donors (Lipinski definition) is 1. The van der Waals surface area contributed by atoms with E-state index in [0.717, 1.165) is 11.1 Å². The molecule has 2 aromatic rings. The van der Waals surface area contributed by atoms with Gasteiger partial charge in [0.2, 0.25) is 5.91 Å². The minimum absolute atomic E-state index is 0.124. The predicted octanol–water partition coefficient (Wildman–Crippen LogP) is 4.32. The summed E-state index contributed by atoms with van der Waals surface area (Å²) >= 11 is 7.55. The first kappa shape index (κ1) is 20.1. The number of amides is 1. The van der Waals surface area contributed by atoms with E-state index < -0.39 is 0 Å². The number of halogens is 1. The number of esters is 1. The van der Waals surface area contributed by atoms with Gasteiger partial charge in [0.05, 0.1) is 31.2 Å². The second kappa shape index (κ2) is 9.50. The van der Waals surface area contributed by atoms with Gasteiger partial charge in [0.1, 0.15) is 5.75 Å². The van der Waals surface area contributed by atoms with Crippen LogP contribution < -0.4 is 10.1 Å². The van der Waals surface area contributed by atoms with Gasteiger partial charge in [-0.3, -0.25) is 4.79 Å². The number of methoxy groups -OCH3 is 2. The van der Waals surface area contributed by atoms with E-state index in [0.29, 0.717) is 33.5 Å². The molecule has 0 saturated carbocycles. The average Bonchev–Trinajstić information content (AvgIpc) is 2.64. The third-order valence-corrected chi connectivity index (χ3v) is 5.04. The van der Waals surface area contributed by atoms with Crippen LogP contribution in [0.25, 0.3) is 0 Å². The molecule has 1 amide bonds. The number of anilines is 1. The fourth-order valence-electron chi connectivity index (χ4n) is 2.23. The lowest BCUT2D eigenvalue weighted by Crippen LogP contribution is -2.15. The van der Waals surface area contributed by atoms with Crippen molar-refractivity contribution in [2.75, 3.05) is 25.3 Å². The van der Waals surface area contributed by atoms with Crippen LogP contribution in [0.4, 0.5) is 5.69 Å². The van der Waals surface area contributed by atoms with E-state index in [9.17, 15) is 9.59 Å². The smallest absolute Gasteiger partial charge is 0.337 e. The maximum Gasteiger partial charge on any atom is 0.337 e. The highest BCUT2D eigenvalue weighted by atomic mass is 35.5. The zero-order valence-electron chi connectivity index (χ0n) is 14.8. The molecule has 0 aliphatic carbocycles. The normalized spacial score (nSPS) is 10.3. The van der Waals surface area contributed by atoms with Gasteiger partial charge in [0.15, 0.2) is 0 Å².